The van der Waals surface area contributed by atoms with Crippen molar-refractivity contribution in [3.05, 3.63) is 59.4 Å². The van der Waals surface area contributed by atoms with E-state index >= 15 is 0 Å². The Morgan fingerprint density at radius 1 is 1.17 bits per heavy atom. The van der Waals surface area contributed by atoms with E-state index in [1.165, 1.54) is 12.1 Å². The van der Waals surface area contributed by atoms with Crippen molar-refractivity contribution in [2.75, 3.05) is 5.73 Å². The van der Waals surface area contributed by atoms with Gasteiger partial charge >= 0.3 is 0 Å². The number of rotatable bonds is 3. The number of anilines is 1. The van der Waals surface area contributed by atoms with Crippen molar-refractivity contribution in [3.8, 4) is 0 Å². The number of benzene rings is 2. The molecule has 2 aromatic rings. The molecule has 2 N–H and O–H groups in total. The fraction of sp³-hybridized carbons (Fsp3) is 0.143. The van der Waals surface area contributed by atoms with Gasteiger partial charge in [-0.05, 0) is 30.7 Å². The Hall–Kier alpha value is -1.68. The molecule has 0 saturated carbocycles. The van der Waals surface area contributed by atoms with Gasteiger partial charge in [0.15, 0.2) is 0 Å². The third-order valence-corrected chi connectivity index (χ3v) is 4.04. The van der Waals surface area contributed by atoms with Crippen LogP contribution in [0.15, 0.2) is 47.4 Å². The van der Waals surface area contributed by atoms with Gasteiger partial charge in [0.25, 0.3) is 0 Å². The summed E-state index contributed by atoms with van der Waals surface area (Å²) in [5, 5.41) is 0. The smallest absolute Gasteiger partial charge is 0.141 e. The van der Waals surface area contributed by atoms with E-state index in [1.807, 2.05) is 31.2 Å². The van der Waals surface area contributed by atoms with Gasteiger partial charge in [0, 0.05) is 5.69 Å². The van der Waals surface area contributed by atoms with Crippen LogP contribution in [0.3, 0.4) is 0 Å². The lowest BCUT2D eigenvalue weighted by Gasteiger charge is -2.05. The second kappa shape index (κ2) is 5.31. The number of hydrogen-bond acceptors (Lipinski definition) is 2. The largest absolute Gasteiger partial charge is 0.399 e. The van der Waals surface area contributed by atoms with Crippen molar-refractivity contribution in [1.29, 1.82) is 0 Å². The van der Waals surface area contributed by atoms with E-state index in [-0.39, 0.29) is 4.90 Å². The van der Waals surface area contributed by atoms with Gasteiger partial charge in [0.2, 0.25) is 0 Å². The highest BCUT2D eigenvalue weighted by atomic mass is 32.2. The molecular weight excluding hydrogens is 249 g/mol. The summed E-state index contributed by atoms with van der Waals surface area (Å²) in [7, 11) is -1.39. The summed E-state index contributed by atoms with van der Waals surface area (Å²) in [4.78, 5) is 0.199. The van der Waals surface area contributed by atoms with E-state index in [2.05, 4.69) is 0 Å². The van der Waals surface area contributed by atoms with E-state index in [4.69, 9.17) is 5.73 Å². The molecule has 2 rings (SSSR count). The molecule has 1 atom stereocenters. The summed E-state index contributed by atoms with van der Waals surface area (Å²) < 4.78 is 25.7. The first kappa shape index (κ1) is 12.8. The Bertz CT molecular complexity index is 581. The predicted molar refractivity (Wildman–Crippen MR) is 72.1 cm³/mol. The van der Waals surface area contributed by atoms with Gasteiger partial charge in [-0.1, -0.05) is 29.8 Å². The third kappa shape index (κ3) is 2.96. The van der Waals surface area contributed by atoms with Gasteiger partial charge in [0.1, 0.15) is 5.82 Å². The number of nitrogens with two attached hydrogens (primary N) is 1. The average molecular weight is 263 g/mol. The van der Waals surface area contributed by atoms with Crippen LogP contribution in [-0.2, 0) is 16.6 Å². The quantitative estimate of drug-likeness (QED) is 0.865. The molecule has 2 nitrogen and oxygen atoms in total. The molecule has 0 saturated heterocycles. The first-order valence-electron chi connectivity index (χ1n) is 5.55. The summed E-state index contributed by atoms with van der Waals surface area (Å²) >= 11 is 0. The molecule has 0 aromatic heterocycles. The highest BCUT2D eigenvalue weighted by molar-refractivity contribution is 7.84. The molecule has 0 amide bonds. The molecule has 4 heteroatoms. The van der Waals surface area contributed by atoms with Gasteiger partial charge in [0.05, 0.1) is 21.4 Å². The van der Waals surface area contributed by atoms with Crippen LogP contribution in [0.2, 0.25) is 0 Å². The molecule has 0 bridgehead atoms. The number of halogens is 1. The molecular formula is C14H14FNOS. The molecule has 0 fully saturated rings. The van der Waals surface area contributed by atoms with Gasteiger partial charge in [-0.15, -0.1) is 0 Å². The molecule has 0 spiro atoms. The molecule has 0 aliphatic rings. The van der Waals surface area contributed by atoms with Crippen LogP contribution in [0.1, 0.15) is 11.1 Å². The normalized spacial score (nSPS) is 12.3. The van der Waals surface area contributed by atoms with Crippen LogP contribution < -0.4 is 5.73 Å². The minimum atomic E-state index is -1.39. The van der Waals surface area contributed by atoms with Gasteiger partial charge in [-0.2, -0.15) is 0 Å². The molecule has 1 unspecified atom stereocenters. The van der Waals surface area contributed by atoms with Gasteiger partial charge in [-0.25, -0.2) is 4.39 Å². The average Bonchev–Trinajstić information content (AvgIpc) is 2.32. The summed E-state index contributed by atoms with van der Waals surface area (Å²) in [6, 6.07) is 11.9. The Morgan fingerprint density at radius 2 is 1.83 bits per heavy atom. The minimum absolute atomic E-state index is 0.199. The van der Waals surface area contributed by atoms with Crippen LogP contribution in [0.5, 0.6) is 0 Å². The zero-order valence-corrected chi connectivity index (χ0v) is 10.8. The van der Waals surface area contributed by atoms with Gasteiger partial charge < -0.3 is 5.73 Å². The molecule has 0 radical (unpaired) electrons. The van der Waals surface area contributed by atoms with Crippen molar-refractivity contribution >= 4 is 16.5 Å². The Balaban J connectivity index is 2.19. The van der Waals surface area contributed by atoms with Crippen LogP contribution >= 0.6 is 0 Å². The first-order chi connectivity index (χ1) is 8.56. The maximum Gasteiger partial charge on any atom is 0.141 e. The van der Waals surface area contributed by atoms with E-state index in [9.17, 15) is 8.60 Å². The van der Waals surface area contributed by atoms with Crippen LogP contribution in [0.4, 0.5) is 10.1 Å². The summed E-state index contributed by atoms with van der Waals surface area (Å²) in [5.74, 6) is -0.207. The van der Waals surface area contributed by atoms with Crippen molar-refractivity contribution in [3.63, 3.8) is 0 Å². The number of hydrogen-bond donors (Lipinski definition) is 1. The van der Waals surface area contributed by atoms with Gasteiger partial charge in [-0.3, -0.25) is 4.21 Å². The van der Waals surface area contributed by atoms with E-state index < -0.39 is 16.6 Å². The maximum atomic E-state index is 13.6. The first-order valence-corrected chi connectivity index (χ1v) is 6.87. The standard InChI is InChI=1S/C14H14FNOS/c1-10-2-4-11(5-3-10)9-18(17)14-7-6-12(16)8-13(14)15/h2-8H,9,16H2,1H3. The molecule has 0 aliphatic carbocycles. The van der Waals surface area contributed by atoms with Crippen molar-refractivity contribution in [2.45, 2.75) is 17.6 Å². The minimum Gasteiger partial charge on any atom is -0.399 e. The van der Waals surface area contributed by atoms with E-state index in [0.717, 1.165) is 11.1 Å². The van der Waals surface area contributed by atoms with Crippen LogP contribution in [-0.4, -0.2) is 4.21 Å². The number of aryl methyl sites for hydroxylation is 1. The topological polar surface area (TPSA) is 43.1 Å². The molecule has 18 heavy (non-hydrogen) atoms. The number of nitrogen functional groups attached to an aromatic ring is 1. The second-order valence-corrected chi connectivity index (χ2v) is 5.58. The Morgan fingerprint density at radius 3 is 2.44 bits per heavy atom. The van der Waals surface area contributed by atoms with Crippen LogP contribution in [0, 0.1) is 12.7 Å². The van der Waals surface area contributed by atoms with E-state index in [1.54, 1.807) is 6.07 Å². The molecule has 94 valence electrons. The molecule has 0 heterocycles. The summed E-state index contributed by atoms with van der Waals surface area (Å²) in [5.41, 5.74) is 7.86. The monoisotopic (exact) mass is 263 g/mol. The molecule has 2 aromatic carbocycles. The third-order valence-electron chi connectivity index (χ3n) is 2.62. The highest BCUT2D eigenvalue weighted by Crippen LogP contribution is 2.18. The fourth-order valence-electron chi connectivity index (χ4n) is 1.62. The zero-order chi connectivity index (χ0) is 13.1. The van der Waals surface area contributed by atoms with E-state index in [0.29, 0.717) is 11.4 Å². The SMILES string of the molecule is Cc1ccc(CS(=O)c2ccc(N)cc2F)cc1. The predicted octanol–water partition coefficient (Wildman–Crippen LogP) is 3.02. The Labute approximate surface area is 108 Å². The van der Waals surface area contributed by atoms with Crippen molar-refractivity contribution < 1.29 is 8.60 Å². The molecule has 0 aliphatic heterocycles. The van der Waals surface area contributed by atoms with Crippen LogP contribution in [0.25, 0.3) is 0 Å². The van der Waals surface area contributed by atoms with Crippen molar-refractivity contribution in [2.24, 2.45) is 0 Å². The highest BCUT2D eigenvalue weighted by Gasteiger charge is 2.10. The second-order valence-electron chi connectivity index (χ2n) is 4.17. The zero-order valence-electron chi connectivity index (χ0n) is 10.0. The lowest BCUT2D eigenvalue weighted by Crippen LogP contribution is -2.00. The van der Waals surface area contributed by atoms with Crippen molar-refractivity contribution in [1.82, 2.24) is 0 Å². The summed E-state index contributed by atoms with van der Waals surface area (Å²) in [6.45, 7) is 1.99. The maximum absolute atomic E-state index is 13.6. The lowest BCUT2D eigenvalue weighted by atomic mass is 10.2. The fourth-order valence-corrected chi connectivity index (χ4v) is 2.76. The summed E-state index contributed by atoms with van der Waals surface area (Å²) in [6.07, 6.45) is 0. The Kier molecular flexibility index (Phi) is 3.77. The lowest BCUT2D eigenvalue weighted by molar-refractivity contribution is 0.596.